The van der Waals surface area contributed by atoms with Crippen LogP contribution in [0, 0.1) is 5.92 Å². The molecule has 14 heavy (non-hydrogen) atoms. The van der Waals surface area contributed by atoms with E-state index in [2.05, 4.69) is 17.2 Å². The zero-order chi connectivity index (χ0) is 9.97. The minimum absolute atomic E-state index is 0.574. The second-order valence-electron chi connectivity index (χ2n) is 3.90. The van der Waals surface area contributed by atoms with Crippen LogP contribution in [0.25, 0.3) is 0 Å². The molecule has 4 heteroatoms. The lowest BCUT2D eigenvalue weighted by molar-refractivity contribution is 0.586. The lowest BCUT2D eigenvalue weighted by atomic mass is 10.1. The van der Waals surface area contributed by atoms with Gasteiger partial charge in [0.25, 0.3) is 0 Å². The fourth-order valence-electron chi connectivity index (χ4n) is 1.58. The largest absolute Gasteiger partial charge is 0.359 e. The molecule has 1 aromatic heterocycles. The summed E-state index contributed by atoms with van der Waals surface area (Å²) in [6.07, 6.45) is 5.27. The smallest absolute Gasteiger partial charge is 0.184 e. The molecule has 1 N–H and O–H groups in total. The summed E-state index contributed by atoms with van der Waals surface area (Å²) in [5.41, 5.74) is 0. The molecule has 1 aliphatic rings. The first-order chi connectivity index (χ1) is 6.78. The quantitative estimate of drug-likeness (QED) is 0.833. The zero-order valence-corrected chi connectivity index (χ0v) is 9.87. The van der Waals surface area contributed by atoms with Crippen LogP contribution < -0.4 is 5.32 Å². The maximum Gasteiger partial charge on any atom is 0.184 e. The van der Waals surface area contributed by atoms with Gasteiger partial charge in [-0.05, 0) is 18.8 Å². The van der Waals surface area contributed by atoms with E-state index in [0.29, 0.717) is 11.2 Å². The highest BCUT2D eigenvalue weighted by molar-refractivity contribution is 7.14. The van der Waals surface area contributed by atoms with Gasteiger partial charge in [0.2, 0.25) is 0 Å². The summed E-state index contributed by atoms with van der Waals surface area (Å²) in [6, 6.07) is 0.574. The van der Waals surface area contributed by atoms with Gasteiger partial charge < -0.3 is 5.32 Å². The van der Waals surface area contributed by atoms with Gasteiger partial charge in [-0.2, -0.15) is 0 Å². The average molecular weight is 231 g/mol. The van der Waals surface area contributed by atoms with E-state index < -0.39 is 0 Å². The Morgan fingerprint density at radius 1 is 1.71 bits per heavy atom. The maximum atomic E-state index is 5.76. The molecule has 1 fully saturated rings. The van der Waals surface area contributed by atoms with Crippen molar-refractivity contribution in [2.24, 2.45) is 5.92 Å². The Morgan fingerprint density at radius 3 is 3.00 bits per heavy atom. The molecule has 1 aliphatic carbocycles. The van der Waals surface area contributed by atoms with Gasteiger partial charge in [-0.15, -0.1) is 11.3 Å². The molecule has 1 unspecified atom stereocenters. The number of hydrogen-bond acceptors (Lipinski definition) is 3. The second kappa shape index (κ2) is 4.49. The highest BCUT2D eigenvalue weighted by Crippen LogP contribution is 2.35. The van der Waals surface area contributed by atoms with Crippen LogP contribution in [-0.4, -0.2) is 11.0 Å². The predicted molar refractivity (Wildman–Crippen MR) is 62.2 cm³/mol. The van der Waals surface area contributed by atoms with Crippen molar-refractivity contribution in [2.75, 3.05) is 5.32 Å². The van der Waals surface area contributed by atoms with E-state index in [1.807, 2.05) is 5.38 Å². The SMILES string of the molecule is CCC(CC1CC1)Nc1nc(Cl)cs1. The molecule has 0 radical (unpaired) electrons. The van der Waals surface area contributed by atoms with Crippen LogP contribution in [0.4, 0.5) is 5.13 Å². The van der Waals surface area contributed by atoms with E-state index >= 15 is 0 Å². The van der Waals surface area contributed by atoms with E-state index in [1.54, 1.807) is 11.3 Å². The minimum atomic E-state index is 0.574. The molecular formula is C10H15ClN2S. The maximum absolute atomic E-state index is 5.76. The van der Waals surface area contributed by atoms with Crippen LogP contribution in [0.15, 0.2) is 5.38 Å². The molecule has 2 rings (SSSR count). The van der Waals surface area contributed by atoms with Crippen molar-refractivity contribution in [1.29, 1.82) is 0 Å². The standard InChI is InChI=1S/C10H15ClN2S/c1-2-8(5-7-3-4-7)12-10-13-9(11)6-14-10/h6-8H,2-5H2,1H3,(H,12,13). The first-order valence-corrected chi connectivity index (χ1v) is 6.41. The summed E-state index contributed by atoms with van der Waals surface area (Å²) in [7, 11) is 0. The molecule has 0 aliphatic heterocycles. The molecule has 1 heterocycles. The molecule has 0 spiro atoms. The van der Waals surface area contributed by atoms with E-state index in [0.717, 1.165) is 17.5 Å². The van der Waals surface area contributed by atoms with Crippen molar-refractivity contribution in [3.05, 3.63) is 10.5 Å². The Morgan fingerprint density at radius 2 is 2.50 bits per heavy atom. The van der Waals surface area contributed by atoms with Gasteiger partial charge in [-0.25, -0.2) is 4.98 Å². The second-order valence-corrected chi connectivity index (χ2v) is 5.15. The Labute approximate surface area is 93.7 Å². The molecule has 1 aromatic rings. The Balaban J connectivity index is 1.86. The van der Waals surface area contributed by atoms with Crippen molar-refractivity contribution in [3.8, 4) is 0 Å². The molecule has 0 saturated heterocycles. The summed E-state index contributed by atoms with van der Waals surface area (Å²) in [4.78, 5) is 4.20. The molecule has 1 saturated carbocycles. The van der Waals surface area contributed by atoms with Crippen LogP contribution >= 0.6 is 22.9 Å². The topological polar surface area (TPSA) is 24.9 Å². The van der Waals surface area contributed by atoms with Crippen LogP contribution in [0.5, 0.6) is 0 Å². The highest BCUT2D eigenvalue weighted by atomic mass is 35.5. The van der Waals surface area contributed by atoms with Gasteiger partial charge in [-0.3, -0.25) is 0 Å². The lowest BCUT2D eigenvalue weighted by Crippen LogP contribution is -2.18. The van der Waals surface area contributed by atoms with Gasteiger partial charge >= 0.3 is 0 Å². The molecule has 1 atom stereocenters. The fourth-order valence-corrected chi connectivity index (χ4v) is 2.49. The van der Waals surface area contributed by atoms with Gasteiger partial charge in [0.05, 0.1) is 0 Å². The number of aromatic nitrogens is 1. The van der Waals surface area contributed by atoms with Crippen LogP contribution in [-0.2, 0) is 0 Å². The van der Waals surface area contributed by atoms with Crippen LogP contribution in [0.3, 0.4) is 0 Å². The highest BCUT2D eigenvalue weighted by Gasteiger charge is 2.24. The summed E-state index contributed by atoms with van der Waals surface area (Å²) in [5.74, 6) is 0.961. The van der Waals surface area contributed by atoms with Crippen molar-refractivity contribution in [1.82, 2.24) is 4.98 Å². The third kappa shape index (κ3) is 2.85. The van der Waals surface area contributed by atoms with E-state index in [9.17, 15) is 0 Å². The Kier molecular flexibility index (Phi) is 3.29. The number of nitrogens with one attached hydrogen (secondary N) is 1. The van der Waals surface area contributed by atoms with Crippen LogP contribution in [0.2, 0.25) is 5.15 Å². The summed E-state index contributed by atoms with van der Waals surface area (Å²) < 4.78 is 0. The number of thiazole rings is 1. The van der Waals surface area contributed by atoms with E-state index in [-0.39, 0.29) is 0 Å². The average Bonchev–Trinajstić information content (AvgIpc) is 2.89. The van der Waals surface area contributed by atoms with Crippen molar-refractivity contribution < 1.29 is 0 Å². The monoisotopic (exact) mass is 230 g/mol. The first-order valence-electron chi connectivity index (χ1n) is 5.15. The zero-order valence-electron chi connectivity index (χ0n) is 8.29. The normalized spacial score (nSPS) is 18.1. The van der Waals surface area contributed by atoms with Crippen molar-refractivity contribution >= 4 is 28.1 Å². The third-order valence-electron chi connectivity index (χ3n) is 2.61. The van der Waals surface area contributed by atoms with Crippen molar-refractivity contribution in [2.45, 2.75) is 38.6 Å². The van der Waals surface area contributed by atoms with Crippen molar-refractivity contribution in [3.63, 3.8) is 0 Å². The molecular weight excluding hydrogens is 216 g/mol. The molecule has 2 nitrogen and oxygen atoms in total. The predicted octanol–water partition coefficient (Wildman–Crippen LogP) is 3.79. The Hall–Kier alpha value is -0.280. The van der Waals surface area contributed by atoms with Crippen LogP contribution in [0.1, 0.15) is 32.6 Å². The number of hydrogen-bond donors (Lipinski definition) is 1. The number of halogens is 1. The third-order valence-corrected chi connectivity index (χ3v) is 3.71. The molecule has 0 bridgehead atoms. The molecule has 78 valence electrons. The van der Waals surface area contributed by atoms with Gasteiger partial charge in [0.1, 0.15) is 5.15 Å². The summed E-state index contributed by atoms with van der Waals surface area (Å²) in [6.45, 7) is 2.22. The first kappa shape index (κ1) is 10.2. The van der Waals surface area contributed by atoms with Gasteiger partial charge in [0.15, 0.2) is 5.13 Å². The lowest BCUT2D eigenvalue weighted by Gasteiger charge is -2.15. The van der Waals surface area contributed by atoms with Gasteiger partial charge in [0, 0.05) is 11.4 Å². The van der Waals surface area contributed by atoms with E-state index in [1.165, 1.54) is 19.3 Å². The number of nitrogens with zero attached hydrogens (tertiary/aromatic N) is 1. The number of anilines is 1. The summed E-state index contributed by atoms with van der Waals surface area (Å²) >= 11 is 7.35. The summed E-state index contributed by atoms with van der Waals surface area (Å²) in [5, 5.41) is 6.87. The van der Waals surface area contributed by atoms with Gasteiger partial charge in [-0.1, -0.05) is 31.4 Å². The minimum Gasteiger partial charge on any atom is -0.359 e. The fraction of sp³-hybridized carbons (Fsp3) is 0.700. The molecule has 0 aromatic carbocycles. The Bertz CT molecular complexity index is 296. The molecule has 0 amide bonds. The van der Waals surface area contributed by atoms with E-state index in [4.69, 9.17) is 11.6 Å². The number of rotatable bonds is 5.